The van der Waals surface area contributed by atoms with Gasteiger partial charge in [0.15, 0.2) is 0 Å². The number of anilines is 1. The molecule has 0 aromatic heterocycles. The van der Waals surface area contributed by atoms with Crippen LogP contribution in [0, 0.1) is 0 Å². The van der Waals surface area contributed by atoms with Crippen molar-refractivity contribution >= 4 is 17.3 Å². The Morgan fingerprint density at radius 2 is 2.00 bits per heavy atom. The van der Waals surface area contributed by atoms with Crippen molar-refractivity contribution in [2.24, 2.45) is 5.73 Å². The first kappa shape index (κ1) is 15.3. The van der Waals surface area contributed by atoms with Gasteiger partial charge in [-0.1, -0.05) is 23.7 Å². The molecule has 102 valence electrons. The molecule has 0 aliphatic heterocycles. The number of para-hydroxylation sites is 1. The summed E-state index contributed by atoms with van der Waals surface area (Å²) in [6.45, 7) is 6.79. The Morgan fingerprint density at radius 3 is 2.50 bits per heavy atom. The monoisotopic (exact) mass is 269 g/mol. The van der Waals surface area contributed by atoms with Gasteiger partial charge in [0.2, 0.25) is 0 Å². The summed E-state index contributed by atoms with van der Waals surface area (Å²) in [6.07, 6.45) is 0. The molecule has 4 heteroatoms. The van der Waals surface area contributed by atoms with Gasteiger partial charge in [0.05, 0.1) is 10.7 Å². The Morgan fingerprint density at radius 1 is 1.33 bits per heavy atom. The molecule has 0 saturated heterocycles. The van der Waals surface area contributed by atoms with Gasteiger partial charge in [0.1, 0.15) is 0 Å². The highest BCUT2D eigenvalue weighted by atomic mass is 35.5. The van der Waals surface area contributed by atoms with Crippen LogP contribution in [0.1, 0.15) is 19.4 Å². The van der Waals surface area contributed by atoms with Gasteiger partial charge in [-0.2, -0.15) is 0 Å². The minimum Gasteiger partial charge on any atom is -0.366 e. The zero-order valence-electron chi connectivity index (χ0n) is 11.8. The van der Waals surface area contributed by atoms with Crippen molar-refractivity contribution in [3.63, 3.8) is 0 Å². The molecule has 1 rings (SSSR count). The van der Waals surface area contributed by atoms with Gasteiger partial charge < -0.3 is 15.5 Å². The van der Waals surface area contributed by atoms with E-state index in [1.54, 1.807) is 0 Å². The predicted molar refractivity (Wildman–Crippen MR) is 80.4 cm³/mol. The van der Waals surface area contributed by atoms with E-state index < -0.39 is 0 Å². The number of hydrogen-bond donors (Lipinski definition) is 1. The van der Waals surface area contributed by atoms with Crippen LogP contribution in [0.4, 0.5) is 5.69 Å². The molecular weight excluding hydrogens is 246 g/mol. The summed E-state index contributed by atoms with van der Waals surface area (Å²) in [5.74, 6) is 0. The molecule has 1 aromatic carbocycles. The average molecular weight is 270 g/mol. The topological polar surface area (TPSA) is 32.5 Å². The molecule has 0 spiro atoms. The number of hydrogen-bond acceptors (Lipinski definition) is 3. The Labute approximate surface area is 116 Å². The number of halogens is 1. The van der Waals surface area contributed by atoms with Crippen LogP contribution >= 0.6 is 11.6 Å². The van der Waals surface area contributed by atoms with Gasteiger partial charge in [0, 0.05) is 25.7 Å². The van der Waals surface area contributed by atoms with Crippen LogP contribution < -0.4 is 10.6 Å². The van der Waals surface area contributed by atoms with Crippen LogP contribution in [0.25, 0.3) is 0 Å². The quantitative estimate of drug-likeness (QED) is 0.862. The summed E-state index contributed by atoms with van der Waals surface area (Å²) in [5, 5.41) is 0.783. The highest BCUT2D eigenvalue weighted by molar-refractivity contribution is 6.33. The molecule has 1 unspecified atom stereocenters. The lowest BCUT2D eigenvalue weighted by Gasteiger charge is -2.34. The number of likely N-dealkylation sites (N-methyl/N-ethyl adjacent to an activating group) is 2. The van der Waals surface area contributed by atoms with Crippen LogP contribution in [0.5, 0.6) is 0 Å². The van der Waals surface area contributed by atoms with Gasteiger partial charge in [-0.25, -0.2) is 0 Å². The first-order valence-electron chi connectivity index (χ1n) is 6.40. The molecular formula is C14H24ClN3. The minimum absolute atomic E-state index is 0.398. The SMILES string of the molecule is CCN(c1c(Cl)cccc1CN)C(C)CN(C)C. The third-order valence-corrected chi connectivity index (χ3v) is 3.38. The smallest absolute Gasteiger partial charge is 0.0643 e. The number of nitrogens with two attached hydrogens (primary N) is 1. The fourth-order valence-corrected chi connectivity index (χ4v) is 2.67. The molecule has 0 bridgehead atoms. The van der Waals surface area contributed by atoms with Crippen molar-refractivity contribution in [3.8, 4) is 0 Å². The average Bonchev–Trinajstić information content (AvgIpc) is 2.31. The lowest BCUT2D eigenvalue weighted by atomic mass is 10.1. The summed E-state index contributed by atoms with van der Waals surface area (Å²) >= 11 is 6.35. The molecule has 0 saturated carbocycles. The standard InChI is InChI=1S/C14H24ClN3/c1-5-18(11(2)10-17(3)4)14-12(9-16)7-6-8-13(14)15/h6-8,11H,5,9-10,16H2,1-4H3. The molecule has 3 nitrogen and oxygen atoms in total. The predicted octanol–water partition coefficient (Wildman–Crippen LogP) is 2.58. The number of benzene rings is 1. The van der Waals surface area contributed by atoms with Gasteiger partial charge >= 0.3 is 0 Å². The van der Waals surface area contributed by atoms with Crippen molar-refractivity contribution in [1.82, 2.24) is 4.90 Å². The van der Waals surface area contributed by atoms with E-state index in [0.717, 1.165) is 29.4 Å². The lowest BCUT2D eigenvalue weighted by molar-refractivity contribution is 0.373. The second-order valence-electron chi connectivity index (χ2n) is 4.85. The van der Waals surface area contributed by atoms with Gasteiger partial charge in [-0.05, 0) is 39.6 Å². The van der Waals surface area contributed by atoms with Crippen molar-refractivity contribution in [3.05, 3.63) is 28.8 Å². The zero-order chi connectivity index (χ0) is 13.7. The molecule has 0 fully saturated rings. The second kappa shape index (κ2) is 6.98. The van der Waals surface area contributed by atoms with Crippen molar-refractivity contribution < 1.29 is 0 Å². The fourth-order valence-electron chi connectivity index (χ4n) is 2.36. The van der Waals surface area contributed by atoms with Crippen LogP contribution in [0.2, 0.25) is 5.02 Å². The molecule has 18 heavy (non-hydrogen) atoms. The highest BCUT2D eigenvalue weighted by Crippen LogP contribution is 2.31. The first-order chi connectivity index (χ1) is 8.51. The van der Waals surface area contributed by atoms with E-state index in [2.05, 4.69) is 37.7 Å². The Kier molecular flexibility index (Phi) is 5.93. The van der Waals surface area contributed by atoms with E-state index in [1.807, 2.05) is 18.2 Å². The van der Waals surface area contributed by atoms with E-state index in [1.165, 1.54) is 0 Å². The van der Waals surface area contributed by atoms with E-state index in [4.69, 9.17) is 17.3 Å². The summed E-state index contributed by atoms with van der Waals surface area (Å²) in [6, 6.07) is 6.33. The van der Waals surface area contributed by atoms with E-state index >= 15 is 0 Å². The van der Waals surface area contributed by atoms with Crippen molar-refractivity contribution in [2.45, 2.75) is 26.4 Å². The zero-order valence-corrected chi connectivity index (χ0v) is 12.5. The van der Waals surface area contributed by atoms with Crippen molar-refractivity contribution in [1.29, 1.82) is 0 Å². The second-order valence-corrected chi connectivity index (χ2v) is 5.26. The van der Waals surface area contributed by atoms with Crippen LogP contribution in [0.15, 0.2) is 18.2 Å². The molecule has 0 aliphatic carbocycles. The maximum Gasteiger partial charge on any atom is 0.0643 e. The van der Waals surface area contributed by atoms with E-state index in [-0.39, 0.29) is 0 Å². The maximum atomic E-state index is 6.35. The summed E-state index contributed by atoms with van der Waals surface area (Å²) in [4.78, 5) is 4.51. The van der Waals surface area contributed by atoms with Crippen LogP contribution in [-0.4, -0.2) is 38.1 Å². The van der Waals surface area contributed by atoms with Gasteiger partial charge in [0.25, 0.3) is 0 Å². The maximum absolute atomic E-state index is 6.35. The number of rotatable bonds is 6. The highest BCUT2D eigenvalue weighted by Gasteiger charge is 2.18. The summed E-state index contributed by atoms with van der Waals surface area (Å²) < 4.78 is 0. The molecule has 1 atom stereocenters. The molecule has 0 heterocycles. The van der Waals surface area contributed by atoms with E-state index in [9.17, 15) is 0 Å². The largest absolute Gasteiger partial charge is 0.366 e. The normalized spacial score (nSPS) is 12.8. The van der Waals surface area contributed by atoms with Crippen LogP contribution in [0.3, 0.4) is 0 Å². The molecule has 1 aromatic rings. The molecule has 0 radical (unpaired) electrons. The molecule has 0 amide bonds. The Hall–Kier alpha value is -0.770. The number of nitrogens with zero attached hydrogens (tertiary/aromatic N) is 2. The van der Waals surface area contributed by atoms with Crippen molar-refractivity contribution in [2.75, 3.05) is 32.1 Å². The summed E-state index contributed by atoms with van der Waals surface area (Å²) in [7, 11) is 4.17. The lowest BCUT2D eigenvalue weighted by Crippen LogP contribution is -2.40. The van der Waals surface area contributed by atoms with Crippen LogP contribution in [-0.2, 0) is 6.54 Å². The van der Waals surface area contributed by atoms with Gasteiger partial charge in [-0.3, -0.25) is 0 Å². The minimum atomic E-state index is 0.398. The Balaban J connectivity index is 3.08. The third kappa shape index (κ3) is 3.61. The summed E-state index contributed by atoms with van der Waals surface area (Å²) in [5.41, 5.74) is 8.01. The third-order valence-electron chi connectivity index (χ3n) is 3.08. The fraction of sp³-hybridized carbons (Fsp3) is 0.571. The molecule has 0 aliphatic rings. The molecule has 2 N–H and O–H groups in total. The van der Waals surface area contributed by atoms with Gasteiger partial charge in [-0.15, -0.1) is 0 Å². The Bertz CT molecular complexity index is 379. The van der Waals surface area contributed by atoms with E-state index in [0.29, 0.717) is 12.6 Å². The first-order valence-corrected chi connectivity index (χ1v) is 6.77.